The van der Waals surface area contributed by atoms with Crippen molar-refractivity contribution in [3.63, 3.8) is 0 Å². The highest BCUT2D eigenvalue weighted by atomic mass is 31.0. The van der Waals surface area contributed by atoms with Crippen molar-refractivity contribution in [2.75, 3.05) is 14.2 Å². The molecule has 2 rings (SSSR count). The lowest BCUT2D eigenvalue weighted by Crippen LogP contribution is -1.99. The third kappa shape index (κ3) is 4.37. The molecule has 2 nitrogen and oxygen atoms in total. The van der Waals surface area contributed by atoms with Gasteiger partial charge >= 0.3 is 0 Å². The second kappa shape index (κ2) is 8.85. The zero-order chi connectivity index (χ0) is 16.8. The van der Waals surface area contributed by atoms with Crippen LogP contribution in [0.4, 0.5) is 4.39 Å². The van der Waals surface area contributed by atoms with Crippen molar-refractivity contribution in [1.29, 1.82) is 0 Å². The van der Waals surface area contributed by atoms with Gasteiger partial charge in [-0.1, -0.05) is 12.1 Å². The van der Waals surface area contributed by atoms with Gasteiger partial charge in [0, 0.05) is 19.8 Å². The van der Waals surface area contributed by atoms with E-state index >= 15 is 0 Å². The average Bonchev–Trinajstić information content (AvgIpc) is 2.56. The number of halogens is 1. The molecule has 0 radical (unpaired) electrons. The van der Waals surface area contributed by atoms with Gasteiger partial charge < -0.3 is 9.47 Å². The predicted molar refractivity (Wildman–Crippen MR) is 100 cm³/mol. The Morgan fingerprint density at radius 1 is 0.826 bits per heavy atom. The topological polar surface area (TPSA) is 18.5 Å². The van der Waals surface area contributed by atoms with Crippen molar-refractivity contribution in [2.24, 2.45) is 0 Å². The third-order valence-electron chi connectivity index (χ3n) is 3.85. The summed E-state index contributed by atoms with van der Waals surface area (Å²) in [6.07, 6.45) is 1.55. The van der Waals surface area contributed by atoms with Crippen molar-refractivity contribution >= 4 is 18.5 Å². The van der Waals surface area contributed by atoms with Crippen LogP contribution in [-0.4, -0.2) is 14.2 Å². The Labute approximate surface area is 142 Å². The van der Waals surface area contributed by atoms with E-state index in [1.807, 2.05) is 24.3 Å². The zero-order valence-corrected chi connectivity index (χ0v) is 15.9. The Kier molecular flexibility index (Phi) is 7.11. The highest BCUT2D eigenvalue weighted by molar-refractivity contribution is 7.15. The van der Waals surface area contributed by atoms with E-state index in [1.165, 1.54) is 5.56 Å². The van der Waals surface area contributed by atoms with E-state index < -0.39 is 0 Å². The molecule has 124 valence electrons. The molecular formula is C18H23FO2P2. The monoisotopic (exact) mass is 352 g/mol. The van der Waals surface area contributed by atoms with Gasteiger partial charge in [0.05, 0.1) is 13.2 Å². The largest absolute Gasteiger partial charge is 0.380 e. The molecule has 0 saturated carbocycles. The maximum Gasteiger partial charge on any atom is 0.131 e. The fourth-order valence-electron chi connectivity index (χ4n) is 2.64. The van der Waals surface area contributed by atoms with Crippen LogP contribution in [0.2, 0.25) is 0 Å². The molecule has 0 heterocycles. The normalized spacial score (nSPS) is 11.0. The van der Waals surface area contributed by atoms with Gasteiger partial charge in [-0.2, -0.15) is 0 Å². The van der Waals surface area contributed by atoms with E-state index in [9.17, 15) is 4.39 Å². The lowest BCUT2D eigenvalue weighted by molar-refractivity contribution is 0.184. The van der Waals surface area contributed by atoms with Crippen LogP contribution in [0, 0.1) is 5.82 Å². The van der Waals surface area contributed by atoms with Crippen LogP contribution < -0.4 is 0 Å². The Hall–Kier alpha value is -0.850. The van der Waals surface area contributed by atoms with Crippen LogP contribution in [0.3, 0.4) is 0 Å². The van der Waals surface area contributed by atoms with Crippen LogP contribution in [-0.2, 0) is 35.0 Å². The van der Waals surface area contributed by atoms with Gasteiger partial charge in [-0.15, -0.1) is 18.5 Å². The maximum atomic E-state index is 14.6. The van der Waals surface area contributed by atoms with Gasteiger partial charge in [0.1, 0.15) is 5.82 Å². The summed E-state index contributed by atoms with van der Waals surface area (Å²) in [7, 11) is 8.68. The van der Waals surface area contributed by atoms with Crippen LogP contribution >= 0.6 is 18.5 Å². The average molecular weight is 352 g/mol. The van der Waals surface area contributed by atoms with Gasteiger partial charge in [-0.05, 0) is 58.3 Å². The number of hydrogen-bond donors (Lipinski definition) is 0. The molecule has 0 aliphatic carbocycles. The van der Waals surface area contributed by atoms with Gasteiger partial charge in [-0.3, -0.25) is 0 Å². The second-order valence-corrected chi connectivity index (χ2v) is 6.18. The molecule has 0 aliphatic heterocycles. The summed E-state index contributed by atoms with van der Waals surface area (Å²) >= 11 is 0. The molecule has 0 aromatic heterocycles. The molecular weight excluding hydrogens is 329 g/mol. The second-order valence-electron chi connectivity index (χ2n) is 5.36. The number of rotatable bonds is 7. The zero-order valence-electron chi connectivity index (χ0n) is 13.6. The van der Waals surface area contributed by atoms with E-state index in [-0.39, 0.29) is 5.82 Å². The van der Waals surface area contributed by atoms with E-state index in [0.717, 1.165) is 28.4 Å². The summed E-state index contributed by atoms with van der Waals surface area (Å²) in [6, 6.07) is 9.52. The van der Waals surface area contributed by atoms with Crippen molar-refractivity contribution < 1.29 is 13.9 Å². The summed E-state index contributed by atoms with van der Waals surface area (Å²) < 4.78 is 25.1. The van der Waals surface area contributed by atoms with E-state index in [2.05, 4.69) is 18.5 Å². The van der Waals surface area contributed by atoms with Gasteiger partial charge in [0.2, 0.25) is 0 Å². The summed E-state index contributed by atoms with van der Waals surface area (Å²) in [5.41, 5.74) is 5.72. The first kappa shape index (κ1) is 18.5. The molecule has 0 bridgehead atoms. The highest BCUT2D eigenvalue weighted by Gasteiger charge is 2.12. The Morgan fingerprint density at radius 2 is 1.43 bits per heavy atom. The minimum absolute atomic E-state index is 0.204. The summed E-state index contributed by atoms with van der Waals surface area (Å²) in [6.45, 7) is 0.999. The number of ether oxygens (including phenoxy) is 2. The summed E-state index contributed by atoms with van der Waals surface area (Å²) in [4.78, 5) is 0. The number of hydrogen-bond acceptors (Lipinski definition) is 2. The highest BCUT2D eigenvalue weighted by Crippen LogP contribution is 2.30. The molecule has 0 fully saturated rings. The maximum absolute atomic E-state index is 14.6. The quantitative estimate of drug-likeness (QED) is 0.682. The van der Waals surface area contributed by atoms with Crippen molar-refractivity contribution in [2.45, 2.75) is 25.5 Å². The first-order valence-electron chi connectivity index (χ1n) is 7.46. The van der Waals surface area contributed by atoms with Crippen molar-refractivity contribution in [3.8, 4) is 11.1 Å². The number of methoxy groups -OCH3 is 2. The van der Waals surface area contributed by atoms with Crippen LogP contribution in [0.25, 0.3) is 11.1 Å². The van der Waals surface area contributed by atoms with Crippen LogP contribution in [0.5, 0.6) is 0 Å². The molecule has 0 N–H and O–H groups in total. The molecule has 23 heavy (non-hydrogen) atoms. The standard InChI is InChI=1S/C18H23FO2P2/c1-20-8-14-5-12(3-4-13(14)10-22)17-6-15(9-21-2)16(11-23)7-18(17)19/h3-7H,8-11,22-23H2,1-2H3. The van der Waals surface area contributed by atoms with Gasteiger partial charge in [0.25, 0.3) is 0 Å². The molecule has 2 atom stereocenters. The Bertz CT molecular complexity index is 674. The molecule has 5 heteroatoms. The van der Waals surface area contributed by atoms with Crippen LogP contribution in [0.15, 0.2) is 30.3 Å². The van der Waals surface area contributed by atoms with Crippen molar-refractivity contribution in [3.05, 3.63) is 58.4 Å². The van der Waals surface area contributed by atoms with Crippen molar-refractivity contribution in [1.82, 2.24) is 0 Å². The molecule has 2 aromatic carbocycles. The Morgan fingerprint density at radius 3 is 2.00 bits per heavy atom. The fourth-order valence-corrected chi connectivity index (χ4v) is 3.42. The first-order valence-corrected chi connectivity index (χ1v) is 9.09. The van der Waals surface area contributed by atoms with Gasteiger partial charge in [0.15, 0.2) is 0 Å². The molecule has 0 amide bonds. The lowest BCUT2D eigenvalue weighted by atomic mass is 9.96. The fraction of sp³-hybridized carbons (Fsp3) is 0.333. The summed E-state index contributed by atoms with van der Waals surface area (Å²) in [5, 5.41) is 0. The lowest BCUT2D eigenvalue weighted by Gasteiger charge is -2.14. The van der Waals surface area contributed by atoms with E-state index in [1.54, 1.807) is 20.3 Å². The van der Waals surface area contributed by atoms with Crippen LogP contribution in [0.1, 0.15) is 22.3 Å². The third-order valence-corrected chi connectivity index (χ3v) is 4.73. The van der Waals surface area contributed by atoms with E-state index in [4.69, 9.17) is 9.47 Å². The molecule has 2 unspecified atom stereocenters. The summed E-state index contributed by atoms with van der Waals surface area (Å²) in [5.74, 6) is -0.204. The molecule has 0 spiro atoms. The van der Waals surface area contributed by atoms with E-state index in [0.29, 0.717) is 24.9 Å². The minimum atomic E-state index is -0.204. The smallest absolute Gasteiger partial charge is 0.131 e. The Balaban J connectivity index is 2.52. The molecule has 0 aliphatic rings. The molecule has 0 saturated heterocycles. The predicted octanol–water partition coefficient (Wildman–Crippen LogP) is 4.54. The first-order chi connectivity index (χ1) is 11.1. The minimum Gasteiger partial charge on any atom is -0.380 e. The van der Waals surface area contributed by atoms with Gasteiger partial charge in [-0.25, -0.2) is 4.39 Å². The SMILES string of the molecule is COCc1cc(-c2cc(COC)c(CP)cc2F)ccc1CP. The number of benzene rings is 2. The molecule has 2 aromatic rings.